The molecule has 0 bridgehead atoms. The lowest BCUT2D eigenvalue weighted by Crippen LogP contribution is -2.27. The third-order valence-electron chi connectivity index (χ3n) is 1.73. The smallest absolute Gasteiger partial charge is 0.324 e. The Labute approximate surface area is 102 Å². The Morgan fingerprint density at radius 1 is 1.06 bits per heavy atom. The van der Waals surface area contributed by atoms with Crippen LogP contribution in [-0.4, -0.2) is 52.1 Å². The van der Waals surface area contributed by atoms with Gasteiger partial charge in [-0.3, -0.25) is 0 Å². The first-order valence-corrected chi connectivity index (χ1v) is 7.14. The fourth-order valence-electron chi connectivity index (χ4n) is 0.971. The summed E-state index contributed by atoms with van der Waals surface area (Å²) in [6, 6.07) is 0. The highest BCUT2D eigenvalue weighted by atomic mass is 32.2. The third-order valence-corrected chi connectivity index (χ3v) is 3.81. The van der Waals surface area contributed by atoms with E-state index in [4.69, 9.17) is 10.2 Å². The number of thioether (sulfide) groups is 2. The Morgan fingerprint density at radius 3 is 2.25 bits per heavy atom. The van der Waals surface area contributed by atoms with E-state index in [9.17, 15) is 13.2 Å². The number of aliphatic hydroxyl groups excluding tert-OH is 2. The first-order valence-electron chi connectivity index (χ1n) is 5.00. The predicted octanol–water partition coefficient (Wildman–Crippen LogP) is 2.15. The average molecular weight is 278 g/mol. The summed E-state index contributed by atoms with van der Waals surface area (Å²) in [4.78, 5) is 0. The molecular weight excluding hydrogens is 261 g/mol. The Balaban J connectivity index is 3.64. The van der Waals surface area contributed by atoms with Crippen LogP contribution in [0.5, 0.6) is 0 Å². The van der Waals surface area contributed by atoms with Crippen molar-refractivity contribution in [1.29, 1.82) is 0 Å². The second-order valence-electron chi connectivity index (χ2n) is 3.08. The summed E-state index contributed by atoms with van der Waals surface area (Å²) in [7, 11) is 0. The van der Waals surface area contributed by atoms with Crippen molar-refractivity contribution in [2.45, 2.75) is 24.3 Å². The molecule has 0 aliphatic carbocycles. The fraction of sp³-hybridized carbons (Fsp3) is 1.00. The Kier molecular flexibility index (Phi) is 9.68. The number of alkyl halides is 3. The van der Waals surface area contributed by atoms with Crippen LogP contribution in [0, 0.1) is 0 Å². The van der Waals surface area contributed by atoms with Gasteiger partial charge in [0.15, 0.2) is 6.17 Å². The summed E-state index contributed by atoms with van der Waals surface area (Å²) < 4.78 is 39.1. The molecule has 98 valence electrons. The van der Waals surface area contributed by atoms with E-state index in [1.165, 1.54) is 11.8 Å². The zero-order valence-corrected chi connectivity index (χ0v) is 10.5. The van der Waals surface area contributed by atoms with Crippen LogP contribution in [-0.2, 0) is 0 Å². The van der Waals surface area contributed by atoms with E-state index in [-0.39, 0.29) is 37.1 Å². The molecule has 0 fully saturated rings. The molecule has 0 aromatic carbocycles. The van der Waals surface area contributed by atoms with Gasteiger partial charge in [-0.15, -0.1) is 0 Å². The van der Waals surface area contributed by atoms with Gasteiger partial charge in [-0.05, 0) is 18.6 Å². The molecule has 0 aliphatic heterocycles. The first-order chi connectivity index (χ1) is 7.54. The van der Waals surface area contributed by atoms with E-state index in [0.717, 1.165) is 0 Å². The van der Waals surface area contributed by atoms with Gasteiger partial charge in [0, 0.05) is 11.5 Å². The van der Waals surface area contributed by atoms with Crippen molar-refractivity contribution in [3.63, 3.8) is 0 Å². The monoisotopic (exact) mass is 278 g/mol. The lowest BCUT2D eigenvalue weighted by Gasteiger charge is -2.19. The van der Waals surface area contributed by atoms with E-state index >= 15 is 0 Å². The van der Waals surface area contributed by atoms with E-state index < -0.39 is 11.4 Å². The molecule has 0 rings (SSSR count). The van der Waals surface area contributed by atoms with Crippen LogP contribution < -0.4 is 0 Å². The fourth-order valence-corrected chi connectivity index (χ4v) is 2.34. The molecule has 2 N–H and O–H groups in total. The van der Waals surface area contributed by atoms with E-state index in [0.29, 0.717) is 17.9 Å². The van der Waals surface area contributed by atoms with E-state index in [1.807, 2.05) is 0 Å². The second kappa shape index (κ2) is 9.44. The van der Waals surface area contributed by atoms with Gasteiger partial charge in [0.05, 0.1) is 13.2 Å². The zero-order valence-electron chi connectivity index (χ0n) is 8.87. The molecule has 7 heteroatoms. The van der Waals surface area contributed by atoms with Crippen LogP contribution in [0.3, 0.4) is 0 Å². The maximum atomic E-state index is 13.1. The van der Waals surface area contributed by atoms with Gasteiger partial charge in [0.1, 0.15) is 0 Å². The van der Waals surface area contributed by atoms with Gasteiger partial charge >= 0.3 is 5.25 Å². The SMILES string of the molecule is OCCSCCCC(F)C(F)(F)SCCO. The quantitative estimate of drug-likeness (QED) is 0.601. The van der Waals surface area contributed by atoms with Crippen molar-refractivity contribution in [1.82, 2.24) is 0 Å². The van der Waals surface area contributed by atoms with Crippen molar-refractivity contribution < 1.29 is 23.4 Å². The second-order valence-corrected chi connectivity index (χ2v) is 5.55. The van der Waals surface area contributed by atoms with Gasteiger partial charge in [0.25, 0.3) is 0 Å². The Morgan fingerprint density at radius 2 is 1.69 bits per heavy atom. The number of rotatable bonds is 10. The van der Waals surface area contributed by atoms with Gasteiger partial charge in [-0.2, -0.15) is 20.5 Å². The molecule has 0 aromatic rings. The van der Waals surface area contributed by atoms with Gasteiger partial charge in [-0.1, -0.05) is 11.8 Å². The highest BCUT2D eigenvalue weighted by Crippen LogP contribution is 2.36. The summed E-state index contributed by atoms with van der Waals surface area (Å²) in [5.41, 5.74) is 0. The lowest BCUT2D eigenvalue weighted by atomic mass is 10.2. The molecule has 0 aromatic heterocycles. The number of halogens is 3. The molecule has 0 saturated heterocycles. The minimum Gasteiger partial charge on any atom is -0.396 e. The molecular formula is C9H17F3O2S2. The standard InChI is InChI=1S/C9H17F3O2S2/c10-8(2-1-5-15-6-3-13)9(11,12)16-7-4-14/h8,13-14H,1-7H2. The van der Waals surface area contributed by atoms with Crippen molar-refractivity contribution in [2.75, 3.05) is 30.5 Å². The Bertz CT molecular complexity index is 173. The summed E-state index contributed by atoms with van der Waals surface area (Å²) in [5.74, 6) is 0.959. The molecule has 0 heterocycles. The molecule has 1 unspecified atom stereocenters. The molecule has 0 spiro atoms. The summed E-state index contributed by atoms with van der Waals surface area (Å²) in [6.07, 6.45) is -2.00. The van der Waals surface area contributed by atoms with Gasteiger partial charge in [0.2, 0.25) is 0 Å². The molecule has 1 atom stereocenters. The number of aliphatic hydroxyl groups is 2. The van der Waals surface area contributed by atoms with Crippen molar-refractivity contribution in [2.24, 2.45) is 0 Å². The largest absolute Gasteiger partial charge is 0.396 e. The maximum Gasteiger partial charge on any atom is 0.324 e. The van der Waals surface area contributed by atoms with Crippen LogP contribution >= 0.6 is 23.5 Å². The van der Waals surface area contributed by atoms with E-state index in [2.05, 4.69) is 0 Å². The topological polar surface area (TPSA) is 40.5 Å². The van der Waals surface area contributed by atoms with E-state index in [1.54, 1.807) is 0 Å². The molecule has 0 aliphatic rings. The zero-order chi connectivity index (χ0) is 12.4. The highest BCUT2D eigenvalue weighted by molar-refractivity contribution is 8.00. The van der Waals surface area contributed by atoms with Crippen molar-refractivity contribution in [3.05, 3.63) is 0 Å². The molecule has 0 radical (unpaired) electrons. The van der Waals surface area contributed by atoms with Crippen LogP contribution in [0.15, 0.2) is 0 Å². The molecule has 0 saturated carbocycles. The predicted molar refractivity (Wildman–Crippen MR) is 63.0 cm³/mol. The van der Waals surface area contributed by atoms with Gasteiger partial charge < -0.3 is 10.2 Å². The van der Waals surface area contributed by atoms with Crippen LogP contribution in [0.25, 0.3) is 0 Å². The number of hydrogen-bond acceptors (Lipinski definition) is 4. The third kappa shape index (κ3) is 7.65. The van der Waals surface area contributed by atoms with Crippen LogP contribution in [0.2, 0.25) is 0 Å². The van der Waals surface area contributed by atoms with Crippen LogP contribution in [0.4, 0.5) is 13.2 Å². The van der Waals surface area contributed by atoms with Crippen molar-refractivity contribution in [3.8, 4) is 0 Å². The minimum atomic E-state index is -3.41. The summed E-state index contributed by atoms with van der Waals surface area (Å²) in [6.45, 7) is -0.328. The molecule has 0 amide bonds. The van der Waals surface area contributed by atoms with Crippen molar-refractivity contribution >= 4 is 23.5 Å². The number of hydrogen-bond donors (Lipinski definition) is 2. The summed E-state index contributed by atoms with van der Waals surface area (Å²) in [5, 5.41) is 13.4. The van der Waals surface area contributed by atoms with Crippen LogP contribution in [0.1, 0.15) is 12.8 Å². The average Bonchev–Trinajstić information content (AvgIpc) is 2.26. The minimum absolute atomic E-state index is 0.0478. The summed E-state index contributed by atoms with van der Waals surface area (Å²) >= 11 is 1.57. The maximum absolute atomic E-state index is 13.1. The molecule has 16 heavy (non-hydrogen) atoms. The highest BCUT2D eigenvalue weighted by Gasteiger charge is 2.39. The molecule has 2 nitrogen and oxygen atoms in total. The first kappa shape index (κ1) is 16.4. The lowest BCUT2D eigenvalue weighted by molar-refractivity contribution is 0.0105. The van der Waals surface area contributed by atoms with Gasteiger partial charge in [-0.25, -0.2) is 4.39 Å². The Hall–Kier alpha value is 0.410. The normalized spacial score (nSPS) is 14.1.